The third-order valence-electron chi connectivity index (χ3n) is 4.62. The zero-order chi connectivity index (χ0) is 16.8. The Morgan fingerprint density at radius 1 is 1.30 bits per heavy atom. The van der Waals surface area contributed by atoms with E-state index in [-0.39, 0.29) is 18.1 Å². The lowest BCUT2D eigenvalue weighted by Crippen LogP contribution is -2.48. The third-order valence-corrected chi connectivity index (χ3v) is 4.62. The summed E-state index contributed by atoms with van der Waals surface area (Å²) in [5.74, 6) is -0.0799. The molecule has 5 nitrogen and oxygen atoms in total. The van der Waals surface area contributed by atoms with Crippen LogP contribution in [0.3, 0.4) is 0 Å². The Morgan fingerprint density at radius 2 is 2.04 bits per heavy atom. The van der Waals surface area contributed by atoms with E-state index in [2.05, 4.69) is 0 Å². The number of likely N-dealkylation sites (N-methyl/N-ethyl adjacent to an activating group) is 1. The van der Waals surface area contributed by atoms with E-state index in [9.17, 15) is 9.90 Å². The predicted molar refractivity (Wildman–Crippen MR) is 88.3 cm³/mol. The Labute approximate surface area is 138 Å². The molecule has 1 saturated carbocycles. The van der Waals surface area contributed by atoms with Gasteiger partial charge in [0.1, 0.15) is 6.10 Å². The summed E-state index contributed by atoms with van der Waals surface area (Å²) >= 11 is 0. The monoisotopic (exact) mass is 321 g/mol. The predicted octanol–water partition coefficient (Wildman–Crippen LogP) is 2.22. The number of amides is 1. The smallest absolute Gasteiger partial charge is 0.253 e. The highest BCUT2D eigenvalue weighted by molar-refractivity contribution is 5.94. The molecule has 1 aliphatic rings. The third kappa shape index (κ3) is 4.31. The van der Waals surface area contributed by atoms with Crippen LogP contribution >= 0.6 is 0 Å². The maximum Gasteiger partial charge on any atom is 0.253 e. The van der Waals surface area contributed by atoms with Gasteiger partial charge in [-0.15, -0.1) is 0 Å². The van der Waals surface area contributed by atoms with Gasteiger partial charge in [-0.05, 0) is 30.5 Å². The fraction of sp³-hybridized carbons (Fsp3) is 0.611. The highest BCUT2D eigenvalue weighted by Gasteiger charge is 2.34. The van der Waals surface area contributed by atoms with Crippen molar-refractivity contribution in [2.45, 2.75) is 50.5 Å². The summed E-state index contributed by atoms with van der Waals surface area (Å²) in [4.78, 5) is 14.4. The molecular formula is C18H27NO4. The van der Waals surface area contributed by atoms with Crippen LogP contribution in [0.1, 0.15) is 41.6 Å². The van der Waals surface area contributed by atoms with Gasteiger partial charge in [0.15, 0.2) is 0 Å². The molecule has 1 fully saturated rings. The number of hydrogen-bond donors (Lipinski definition) is 1. The Kier molecular flexibility index (Phi) is 6.57. The molecule has 3 atom stereocenters. The summed E-state index contributed by atoms with van der Waals surface area (Å²) in [6, 6.07) is 7.22. The van der Waals surface area contributed by atoms with E-state index >= 15 is 0 Å². The van der Waals surface area contributed by atoms with E-state index in [0.29, 0.717) is 12.2 Å². The first-order valence-corrected chi connectivity index (χ1v) is 8.14. The number of ether oxygens (including phenoxy) is 2. The average Bonchev–Trinajstić information content (AvgIpc) is 2.75. The average molecular weight is 321 g/mol. The fourth-order valence-electron chi connectivity index (χ4n) is 3.28. The van der Waals surface area contributed by atoms with Gasteiger partial charge in [0.05, 0.1) is 18.8 Å². The van der Waals surface area contributed by atoms with Crippen LogP contribution < -0.4 is 0 Å². The topological polar surface area (TPSA) is 59.0 Å². The van der Waals surface area contributed by atoms with Crippen molar-refractivity contribution in [3.63, 3.8) is 0 Å². The van der Waals surface area contributed by atoms with Crippen LogP contribution in [0.5, 0.6) is 0 Å². The molecule has 0 heterocycles. The molecule has 128 valence electrons. The van der Waals surface area contributed by atoms with Crippen molar-refractivity contribution in [3.8, 4) is 0 Å². The minimum absolute atomic E-state index is 0.0799. The van der Waals surface area contributed by atoms with Gasteiger partial charge in [-0.3, -0.25) is 4.79 Å². The number of methoxy groups -OCH3 is 2. The molecule has 0 saturated heterocycles. The standard InChI is InChI=1S/C18H27NO4/c1-19(15-9-4-5-10-16(23-3)17(15)20)18(21)14-8-6-7-13(11-14)12-22-2/h6-8,11,15-17,20H,4-5,9-10,12H2,1-3H3/t15-,16-,17-/m1/s1. The molecule has 0 bridgehead atoms. The molecule has 0 aromatic heterocycles. The van der Waals surface area contributed by atoms with Crippen LogP contribution in [0, 0.1) is 0 Å². The highest BCUT2D eigenvalue weighted by atomic mass is 16.5. The number of hydrogen-bond acceptors (Lipinski definition) is 4. The molecular weight excluding hydrogens is 294 g/mol. The van der Waals surface area contributed by atoms with Crippen LogP contribution in [-0.2, 0) is 16.1 Å². The Balaban J connectivity index is 2.15. The van der Waals surface area contributed by atoms with Crippen molar-refractivity contribution in [3.05, 3.63) is 35.4 Å². The summed E-state index contributed by atoms with van der Waals surface area (Å²) in [7, 11) is 5.01. The van der Waals surface area contributed by atoms with Crippen molar-refractivity contribution in [2.75, 3.05) is 21.3 Å². The number of rotatable bonds is 5. The zero-order valence-corrected chi connectivity index (χ0v) is 14.2. The number of carbonyl (C=O) groups is 1. The Bertz CT molecular complexity index is 519. The molecule has 23 heavy (non-hydrogen) atoms. The van der Waals surface area contributed by atoms with E-state index in [1.807, 2.05) is 18.2 Å². The number of benzene rings is 1. The molecule has 0 radical (unpaired) electrons. The van der Waals surface area contributed by atoms with Gasteiger partial charge in [0.2, 0.25) is 0 Å². The minimum Gasteiger partial charge on any atom is -0.388 e. The van der Waals surface area contributed by atoms with Gasteiger partial charge >= 0.3 is 0 Å². The quantitative estimate of drug-likeness (QED) is 0.845. The Morgan fingerprint density at radius 3 is 2.74 bits per heavy atom. The van der Waals surface area contributed by atoms with Crippen molar-refractivity contribution >= 4 is 5.91 Å². The molecule has 0 spiro atoms. The van der Waals surface area contributed by atoms with Gasteiger partial charge in [-0.25, -0.2) is 0 Å². The van der Waals surface area contributed by atoms with E-state index in [4.69, 9.17) is 9.47 Å². The molecule has 0 unspecified atom stereocenters. The van der Waals surface area contributed by atoms with Crippen LogP contribution in [-0.4, -0.2) is 55.4 Å². The first-order chi connectivity index (χ1) is 11.1. The summed E-state index contributed by atoms with van der Waals surface area (Å²) in [5, 5.41) is 10.6. The van der Waals surface area contributed by atoms with Crippen molar-refractivity contribution < 1.29 is 19.4 Å². The number of aliphatic hydroxyl groups excluding tert-OH is 1. The van der Waals surface area contributed by atoms with Crippen molar-refractivity contribution in [2.24, 2.45) is 0 Å². The molecule has 2 rings (SSSR count). The number of nitrogens with zero attached hydrogens (tertiary/aromatic N) is 1. The zero-order valence-electron chi connectivity index (χ0n) is 14.2. The minimum atomic E-state index is -0.654. The second-order valence-corrected chi connectivity index (χ2v) is 6.17. The lowest BCUT2D eigenvalue weighted by molar-refractivity contribution is -0.0462. The van der Waals surface area contributed by atoms with Gasteiger partial charge in [-0.2, -0.15) is 0 Å². The first kappa shape index (κ1) is 17.9. The SMILES string of the molecule is COCc1cccc(C(=O)N(C)[C@@H]2CCCC[C@@H](OC)[C@@H]2O)c1. The molecule has 5 heteroatoms. The van der Waals surface area contributed by atoms with Gasteiger partial charge < -0.3 is 19.5 Å². The lowest BCUT2D eigenvalue weighted by atomic mass is 10.0. The number of carbonyl (C=O) groups excluding carboxylic acids is 1. The normalized spacial score (nSPS) is 25.0. The van der Waals surface area contributed by atoms with E-state index < -0.39 is 6.10 Å². The maximum absolute atomic E-state index is 12.8. The van der Waals surface area contributed by atoms with E-state index in [1.54, 1.807) is 32.2 Å². The van der Waals surface area contributed by atoms with E-state index in [0.717, 1.165) is 31.2 Å². The van der Waals surface area contributed by atoms with E-state index in [1.165, 1.54) is 0 Å². The molecule has 1 amide bonds. The van der Waals surface area contributed by atoms with Crippen LogP contribution in [0.15, 0.2) is 24.3 Å². The van der Waals surface area contributed by atoms with Crippen LogP contribution in [0.4, 0.5) is 0 Å². The van der Waals surface area contributed by atoms with Gasteiger partial charge in [0.25, 0.3) is 5.91 Å². The second-order valence-electron chi connectivity index (χ2n) is 6.17. The first-order valence-electron chi connectivity index (χ1n) is 8.14. The van der Waals surface area contributed by atoms with Gasteiger partial charge in [-0.1, -0.05) is 25.0 Å². The number of aliphatic hydroxyl groups is 1. The molecule has 0 aliphatic heterocycles. The fourth-order valence-corrected chi connectivity index (χ4v) is 3.28. The molecule has 1 aromatic rings. The largest absolute Gasteiger partial charge is 0.388 e. The second kappa shape index (κ2) is 8.43. The highest BCUT2D eigenvalue weighted by Crippen LogP contribution is 2.25. The van der Waals surface area contributed by atoms with Crippen molar-refractivity contribution in [1.29, 1.82) is 0 Å². The Hall–Kier alpha value is -1.43. The molecule has 1 N–H and O–H groups in total. The van der Waals surface area contributed by atoms with Crippen LogP contribution in [0.2, 0.25) is 0 Å². The molecule has 1 aliphatic carbocycles. The summed E-state index contributed by atoms with van der Waals surface area (Å²) < 4.78 is 10.5. The lowest BCUT2D eigenvalue weighted by Gasteiger charge is -2.33. The van der Waals surface area contributed by atoms with Gasteiger partial charge in [0, 0.05) is 26.8 Å². The van der Waals surface area contributed by atoms with Crippen LogP contribution in [0.25, 0.3) is 0 Å². The van der Waals surface area contributed by atoms with Crippen molar-refractivity contribution in [1.82, 2.24) is 4.90 Å². The summed E-state index contributed by atoms with van der Waals surface area (Å²) in [6.45, 7) is 0.475. The molecule has 1 aromatic carbocycles. The summed E-state index contributed by atoms with van der Waals surface area (Å²) in [6.07, 6.45) is 2.76. The maximum atomic E-state index is 12.8. The summed E-state index contributed by atoms with van der Waals surface area (Å²) in [5.41, 5.74) is 1.58.